The fraction of sp³-hybridized carbons (Fsp3) is 0.0769. The smallest absolute Gasteiger partial charge is 0.177 e. The lowest BCUT2D eigenvalue weighted by Gasteiger charge is -2.06. The van der Waals surface area contributed by atoms with E-state index >= 15 is 0 Å². The van der Waals surface area contributed by atoms with E-state index in [9.17, 15) is 0 Å². The van der Waals surface area contributed by atoms with Crippen molar-refractivity contribution < 1.29 is 4.74 Å². The van der Waals surface area contributed by atoms with Crippen molar-refractivity contribution in [2.45, 2.75) is 6.61 Å². The van der Waals surface area contributed by atoms with Gasteiger partial charge in [-0.25, -0.2) is 0 Å². The summed E-state index contributed by atoms with van der Waals surface area (Å²) >= 11 is 3.38. The highest BCUT2D eigenvalue weighted by atomic mass is 79.9. The summed E-state index contributed by atoms with van der Waals surface area (Å²) in [5.74, 6) is 2.04. The van der Waals surface area contributed by atoms with Crippen molar-refractivity contribution in [3.63, 3.8) is 0 Å². The Hall–Kier alpha value is -2.08. The predicted octanol–water partition coefficient (Wildman–Crippen LogP) is 2.65. The minimum atomic E-state index is 0.316. The third kappa shape index (κ3) is 2.39. The molecule has 0 bridgehead atoms. The van der Waals surface area contributed by atoms with Crippen molar-refractivity contribution in [2.75, 3.05) is 5.73 Å². The van der Waals surface area contributed by atoms with Gasteiger partial charge in [-0.2, -0.15) is 0 Å². The molecule has 2 heterocycles. The van der Waals surface area contributed by atoms with Gasteiger partial charge in [0.1, 0.15) is 18.2 Å². The molecule has 96 valence electrons. The number of anilines is 1. The first kappa shape index (κ1) is 12.0. The maximum atomic E-state index is 5.91. The van der Waals surface area contributed by atoms with Gasteiger partial charge in [-0.1, -0.05) is 22.0 Å². The number of hydrogen-bond donors (Lipinski definition) is 1. The van der Waals surface area contributed by atoms with Crippen LogP contribution in [0.1, 0.15) is 5.82 Å². The summed E-state index contributed by atoms with van der Waals surface area (Å²) in [6, 6.07) is 13.1. The molecule has 0 fully saturated rings. The van der Waals surface area contributed by atoms with Gasteiger partial charge in [0, 0.05) is 4.47 Å². The SMILES string of the molecule is Nc1cccc2nnc(COc3ccc(Br)cc3)n12. The van der Waals surface area contributed by atoms with Crippen molar-refractivity contribution in [2.24, 2.45) is 0 Å². The lowest BCUT2D eigenvalue weighted by Crippen LogP contribution is -2.04. The molecule has 0 aliphatic heterocycles. The highest BCUT2D eigenvalue weighted by molar-refractivity contribution is 9.10. The standard InChI is InChI=1S/C13H11BrN4O/c14-9-4-6-10(7-5-9)19-8-13-17-16-12-3-1-2-11(15)18(12)13/h1-7H,8,15H2. The Balaban J connectivity index is 1.84. The molecule has 19 heavy (non-hydrogen) atoms. The van der Waals surface area contributed by atoms with Crippen LogP contribution in [0.15, 0.2) is 46.9 Å². The average molecular weight is 319 g/mol. The number of nitrogen functional groups attached to an aromatic ring is 1. The Morgan fingerprint density at radius 1 is 1.11 bits per heavy atom. The summed E-state index contributed by atoms with van der Waals surface area (Å²) in [7, 11) is 0. The number of benzene rings is 1. The van der Waals surface area contributed by atoms with E-state index < -0.39 is 0 Å². The molecule has 0 saturated heterocycles. The van der Waals surface area contributed by atoms with Gasteiger partial charge in [-0.15, -0.1) is 10.2 Å². The number of nitrogens with zero attached hydrogens (tertiary/aromatic N) is 3. The van der Waals surface area contributed by atoms with E-state index in [-0.39, 0.29) is 0 Å². The number of aromatic nitrogens is 3. The van der Waals surface area contributed by atoms with Crippen LogP contribution in [0.5, 0.6) is 5.75 Å². The highest BCUT2D eigenvalue weighted by Gasteiger charge is 2.08. The number of rotatable bonds is 3. The zero-order valence-electron chi connectivity index (χ0n) is 9.95. The second kappa shape index (κ2) is 4.89. The molecule has 0 saturated carbocycles. The van der Waals surface area contributed by atoms with Gasteiger partial charge >= 0.3 is 0 Å². The third-order valence-corrected chi connectivity index (χ3v) is 3.24. The van der Waals surface area contributed by atoms with Gasteiger partial charge < -0.3 is 10.5 Å². The van der Waals surface area contributed by atoms with Crippen molar-refractivity contribution >= 4 is 27.4 Å². The molecule has 2 aromatic heterocycles. The normalized spacial score (nSPS) is 10.8. The van der Waals surface area contributed by atoms with Crippen LogP contribution >= 0.6 is 15.9 Å². The average Bonchev–Trinajstić information content (AvgIpc) is 2.83. The summed E-state index contributed by atoms with van der Waals surface area (Å²) in [4.78, 5) is 0. The Labute approximate surface area is 118 Å². The van der Waals surface area contributed by atoms with E-state index in [1.165, 1.54) is 0 Å². The Bertz CT molecular complexity index is 708. The predicted molar refractivity (Wildman–Crippen MR) is 75.9 cm³/mol. The first-order chi connectivity index (χ1) is 9.24. The lowest BCUT2D eigenvalue weighted by molar-refractivity contribution is 0.294. The molecule has 5 nitrogen and oxygen atoms in total. The molecule has 0 aliphatic rings. The van der Waals surface area contributed by atoms with Crippen LogP contribution in [-0.4, -0.2) is 14.6 Å². The zero-order valence-corrected chi connectivity index (χ0v) is 11.5. The van der Waals surface area contributed by atoms with Crippen LogP contribution in [-0.2, 0) is 6.61 Å². The fourth-order valence-corrected chi connectivity index (χ4v) is 2.06. The van der Waals surface area contributed by atoms with Gasteiger partial charge in [0.15, 0.2) is 11.5 Å². The number of pyridine rings is 1. The first-order valence-electron chi connectivity index (χ1n) is 5.71. The van der Waals surface area contributed by atoms with Gasteiger partial charge in [-0.05, 0) is 36.4 Å². The maximum Gasteiger partial charge on any atom is 0.177 e. The summed E-state index contributed by atoms with van der Waals surface area (Å²) < 4.78 is 8.46. The second-order valence-corrected chi connectivity index (χ2v) is 4.92. The third-order valence-electron chi connectivity index (χ3n) is 2.71. The van der Waals surface area contributed by atoms with Crippen LogP contribution in [0, 0.1) is 0 Å². The van der Waals surface area contributed by atoms with Gasteiger partial charge in [0.2, 0.25) is 0 Å². The zero-order chi connectivity index (χ0) is 13.2. The molecule has 1 aromatic carbocycles. The quantitative estimate of drug-likeness (QED) is 0.806. The number of fused-ring (bicyclic) bond motifs is 1. The molecule has 0 radical (unpaired) electrons. The highest BCUT2D eigenvalue weighted by Crippen LogP contribution is 2.18. The van der Waals surface area contributed by atoms with E-state index in [0.29, 0.717) is 18.2 Å². The largest absolute Gasteiger partial charge is 0.486 e. The van der Waals surface area contributed by atoms with E-state index in [1.807, 2.05) is 36.4 Å². The van der Waals surface area contributed by atoms with E-state index in [2.05, 4.69) is 26.1 Å². The van der Waals surface area contributed by atoms with Gasteiger partial charge in [0.05, 0.1) is 0 Å². The van der Waals surface area contributed by atoms with E-state index in [0.717, 1.165) is 15.9 Å². The van der Waals surface area contributed by atoms with Gasteiger partial charge in [-0.3, -0.25) is 4.40 Å². The van der Waals surface area contributed by atoms with Crippen molar-refractivity contribution in [1.82, 2.24) is 14.6 Å². The van der Waals surface area contributed by atoms with Crippen LogP contribution in [0.25, 0.3) is 5.65 Å². The van der Waals surface area contributed by atoms with Crippen molar-refractivity contribution in [3.8, 4) is 5.75 Å². The Kier molecular flexibility index (Phi) is 3.08. The summed E-state index contributed by atoms with van der Waals surface area (Å²) in [6.45, 7) is 0.316. The van der Waals surface area contributed by atoms with E-state index in [4.69, 9.17) is 10.5 Å². The number of halogens is 1. The Morgan fingerprint density at radius 2 is 1.89 bits per heavy atom. The van der Waals surface area contributed by atoms with Crippen LogP contribution in [0.4, 0.5) is 5.82 Å². The second-order valence-electron chi connectivity index (χ2n) is 4.00. The molecule has 6 heteroatoms. The molecule has 0 amide bonds. The molecule has 3 rings (SSSR count). The number of ether oxygens (including phenoxy) is 1. The minimum absolute atomic E-state index is 0.316. The minimum Gasteiger partial charge on any atom is -0.486 e. The van der Waals surface area contributed by atoms with Gasteiger partial charge in [0.25, 0.3) is 0 Å². The molecular weight excluding hydrogens is 308 g/mol. The molecular formula is C13H11BrN4O. The summed E-state index contributed by atoms with van der Waals surface area (Å²) in [6.07, 6.45) is 0. The molecule has 3 aromatic rings. The summed E-state index contributed by atoms with van der Waals surface area (Å²) in [5, 5.41) is 8.14. The number of hydrogen-bond acceptors (Lipinski definition) is 4. The first-order valence-corrected chi connectivity index (χ1v) is 6.50. The monoisotopic (exact) mass is 318 g/mol. The molecule has 0 spiro atoms. The topological polar surface area (TPSA) is 65.4 Å². The molecule has 2 N–H and O–H groups in total. The van der Waals surface area contributed by atoms with Crippen molar-refractivity contribution in [1.29, 1.82) is 0 Å². The van der Waals surface area contributed by atoms with Crippen molar-refractivity contribution in [3.05, 3.63) is 52.8 Å². The number of nitrogens with two attached hydrogens (primary N) is 1. The maximum absolute atomic E-state index is 5.91. The van der Waals surface area contributed by atoms with E-state index in [1.54, 1.807) is 10.5 Å². The lowest BCUT2D eigenvalue weighted by atomic mass is 10.3. The van der Waals surface area contributed by atoms with Crippen LogP contribution in [0.2, 0.25) is 0 Å². The van der Waals surface area contributed by atoms with Crippen LogP contribution in [0.3, 0.4) is 0 Å². The summed E-state index contributed by atoms with van der Waals surface area (Å²) in [5.41, 5.74) is 6.63. The molecule has 0 unspecified atom stereocenters. The molecule has 0 atom stereocenters. The van der Waals surface area contributed by atoms with Crippen LogP contribution < -0.4 is 10.5 Å². The Morgan fingerprint density at radius 3 is 2.68 bits per heavy atom. The fourth-order valence-electron chi connectivity index (χ4n) is 1.80. The molecule has 0 aliphatic carbocycles.